The highest BCUT2D eigenvalue weighted by molar-refractivity contribution is 5.93. The summed E-state index contributed by atoms with van der Waals surface area (Å²) in [6.07, 6.45) is 6.94. The first kappa shape index (κ1) is 14.8. The molecule has 1 amide bonds. The van der Waals surface area contributed by atoms with Gasteiger partial charge in [0.15, 0.2) is 5.65 Å². The van der Waals surface area contributed by atoms with Crippen molar-refractivity contribution in [1.29, 1.82) is 0 Å². The number of fused-ring (bicyclic) bond motifs is 1. The fourth-order valence-electron chi connectivity index (χ4n) is 3.48. The monoisotopic (exact) mass is 321 g/mol. The summed E-state index contributed by atoms with van der Waals surface area (Å²) in [5, 5.41) is 0. The molecule has 0 aliphatic carbocycles. The number of likely N-dealkylation sites (tertiary alicyclic amines) is 1. The summed E-state index contributed by atoms with van der Waals surface area (Å²) >= 11 is 0. The van der Waals surface area contributed by atoms with E-state index in [-0.39, 0.29) is 5.91 Å². The molecule has 0 N–H and O–H groups in total. The molecule has 0 saturated carbocycles. The molecule has 3 aromatic rings. The molecule has 6 heteroatoms. The van der Waals surface area contributed by atoms with Crippen molar-refractivity contribution in [1.82, 2.24) is 24.4 Å². The SMILES string of the molecule is Cc1nc2cccnc2n1C1CCN(C(=O)c2cccnc2)CC1. The highest BCUT2D eigenvalue weighted by Gasteiger charge is 2.26. The van der Waals surface area contributed by atoms with Gasteiger partial charge in [-0.3, -0.25) is 9.78 Å². The molecule has 0 unspecified atom stereocenters. The Labute approximate surface area is 140 Å². The van der Waals surface area contributed by atoms with E-state index in [2.05, 4.69) is 19.5 Å². The molecule has 1 aliphatic heterocycles. The quantitative estimate of drug-likeness (QED) is 0.728. The first-order valence-electron chi connectivity index (χ1n) is 8.23. The van der Waals surface area contributed by atoms with Gasteiger partial charge in [-0.2, -0.15) is 0 Å². The Balaban J connectivity index is 1.52. The number of amides is 1. The first-order chi connectivity index (χ1) is 11.7. The van der Waals surface area contributed by atoms with Crippen LogP contribution in [0.1, 0.15) is 35.1 Å². The number of piperidine rings is 1. The van der Waals surface area contributed by atoms with E-state index in [1.165, 1.54) is 0 Å². The first-order valence-corrected chi connectivity index (χ1v) is 8.23. The number of carbonyl (C=O) groups is 1. The van der Waals surface area contributed by atoms with Crippen LogP contribution in [0.4, 0.5) is 0 Å². The molecule has 0 atom stereocenters. The third kappa shape index (κ3) is 2.54. The summed E-state index contributed by atoms with van der Waals surface area (Å²) in [6.45, 7) is 3.50. The van der Waals surface area contributed by atoms with E-state index in [0.29, 0.717) is 11.6 Å². The molecular weight excluding hydrogens is 302 g/mol. The van der Waals surface area contributed by atoms with Crippen LogP contribution in [0.15, 0.2) is 42.9 Å². The highest BCUT2D eigenvalue weighted by atomic mass is 16.2. The standard InChI is InChI=1S/C18H19N5O/c1-13-21-16-5-3-9-20-17(16)23(13)15-6-10-22(11-7-15)18(24)14-4-2-8-19-12-14/h2-5,8-9,12,15H,6-7,10-11H2,1H3. The fraction of sp³-hybridized carbons (Fsp3) is 0.333. The van der Waals surface area contributed by atoms with Gasteiger partial charge in [-0.25, -0.2) is 9.97 Å². The van der Waals surface area contributed by atoms with Crippen LogP contribution in [0.25, 0.3) is 11.2 Å². The van der Waals surface area contributed by atoms with E-state index >= 15 is 0 Å². The second-order valence-electron chi connectivity index (χ2n) is 6.14. The van der Waals surface area contributed by atoms with E-state index in [1.807, 2.05) is 30.0 Å². The summed E-state index contributed by atoms with van der Waals surface area (Å²) in [7, 11) is 0. The van der Waals surface area contributed by atoms with Gasteiger partial charge in [-0.05, 0) is 44.0 Å². The summed E-state index contributed by atoms with van der Waals surface area (Å²) in [4.78, 5) is 27.6. The third-order valence-electron chi connectivity index (χ3n) is 4.65. The van der Waals surface area contributed by atoms with Gasteiger partial charge < -0.3 is 9.47 Å². The van der Waals surface area contributed by atoms with Crippen LogP contribution in [-0.2, 0) is 0 Å². The number of carbonyl (C=O) groups excluding carboxylic acids is 1. The summed E-state index contributed by atoms with van der Waals surface area (Å²) in [5.41, 5.74) is 2.53. The van der Waals surface area contributed by atoms with Crippen LogP contribution in [0.5, 0.6) is 0 Å². The molecule has 1 saturated heterocycles. The Kier molecular flexibility index (Phi) is 3.72. The zero-order valence-electron chi connectivity index (χ0n) is 13.6. The van der Waals surface area contributed by atoms with Gasteiger partial charge in [0, 0.05) is 37.7 Å². The molecule has 1 fully saturated rings. The minimum absolute atomic E-state index is 0.0619. The number of aryl methyl sites for hydroxylation is 1. The normalized spacial score (nSPS) is 15.8. The second kappa shape index (κ2) is 6.03. The number of hydrogen-bond donors (Lipinski definition) is 0. The van der Waals surface area contributed by atoms with Crippen LogP contribution in [-0.4, -0.2) is 43.4 Å². The van der Waals surface area contributed by atoms with E-state index in [9.17, 15) is 4.79 Å². The molecule has 122 valence electrons. The molecule has 4 rings (SSSR count). The van der Waals surface area contributed by atoms with E-state index in [0.717, 1.165) is 42.9 Å². The summed E-state index contributed by atoms with van der Waals surface area (Å²) < 4.78 is 2.22. The Morgan fingerprint density at radius 2 is 1.96 bits per heavy atom. The fourth-order valence-corrected chi connectivity index (χ4v) is 3.48. The van der Waals surface area contributed by atoms with Gasteiger partial charge in [-0.15, -0.1) is 0 Å². The van der Waals surface area contributed by atoms with Crippen LogP contribution in [0, 0.1) is 6.92 Å². The van der Waals surface area contributed by atoms with Crippen molar-refractivity contribution in [3.8, 4) is 0 Å². The zero-order chi connectivity index (χ0) is 16.5. The van der Waals surface area contributed by atoms with Crippen molar-refractivity contribution in [3.63, 3.8) is 0 Å². The van der Waals surface area contributed by atoms with Gasteiger partial charge in [-0.1, -0.05) is 0 Å². The van der Waals surface area contributed by atoms with Crippen molar-refractivity contribution in [2.24, 2.45) is 0 Å². The molecular formula is C18H19N5O. The molecule has 4 heterocycles. The predicted octanol–water partition coefficient (Wildman–Crippen LogP) is 2.61. The molecule has 6 nitrogen and oxygen atoms in total. The van der Waals surface area contributed by atoms with E-state index < -0.39 is 0 Å². The van der Waals surface area contributed by atoms with Crippen LogP contribution in [0.3, 0.4) is 0 Å². The lowest BCUT2D eigenvalue weighted by Crippen LogP contribution is -2.39. The Bertz CT molecular complexity index is 866. The smallest absolute Gasteiger partial charge is 0.255 e. The van der Waals surface area contributed by atoms with Gasteiger partial charge >= 0.3 is 0 Å². The van der Waals surface area contributed by atoms with Crippen LogP contribution in [0.2, 0.25) is 0 Å². The molecule has 1 aliphatic rings. The maximum Gasteiger partial charge on any atom is 0.255 e. The molecule has 0 aromatic carbocycles. The van der Waals surface area contributed by atoms with Crippen molar-refractivity contribution in [2.75, 3.05) is 13.1 Å². The maximum absolute atomic E-state index is 12.5. The van der Waals surface area contributed by atoms with Crippen LogP contribution < -0.4 is 0 Å². The number of pyridine rings is 2. The predicted molar refractivity (Wildman–Crippen MR) is 90.7 cm³/mol. The third-order valence-corrected chi connectivity index (χ3v) is 4.65. The number of imidazole rings is 1. The minimum atomic E-state index is 0.0619. The summed E-state index contributed by atoms with van der Waals surface area (Å²) in [6, 6.07) is 7.86. The minimum Gasteiger partial charge on any atom is -0.338 e. The average molecular weight is 321 g/mol. The summed E-state index contributed by atoms with van der Waals surface area (Å²) in [5.74, 6) is 1.05. The topological polar surface area (TPSA) is 63.9 Å². The number of aromatic nitrogens is 4. The lowest BCUT2D eigenvalue weighted by molar-refractivity contribution is 0.0695. The van der Waals surface area contributed by atoms with Gasteiger partial charge in [0.25, 0.3) is 5.91 Å². The molecule has 0 bridgehead atoms. The van der Waals surface area contributed by atoms with Crippen molar-refractivity contribution in [2.45, 2.75) is 25.8 Å². The number of nitrogens with zero attached hydrogens (tertiary/aromatic N) is 5. The Morgan fingerprint density at radius 3 is 2.71 bits per heavy atom. The largest absolute Gasteiger partial charge is 0.338 e. The highest BCUT2D eigenvalue weighted by Crippen LogP contribution is 2.28. The van der Waals surface area contributed by atoms with Crippen LogP contribution >= 0.6 is 0 Å². The molecule has 24 heavy (non-hydrogen) atoms. The van der Waals surface area contributed by atoms with Crippen molar-refractivity contribution in [3.05, 3.63) is 54.2 Å². The maximum atomic E-state index is 12.5. The molecule has 3 aromatic heterocycles. The molecule has 0 radical (unpaired) electrons. The van der Waals surface area contributed by atoms with E-state index in [1.54, 1.807) is 24.7 Å². The van der Waals surface area contributed by atoms with Crippen molar-refractivity contribution >= 4 is 17.1 Å². The lowest BCUT2D eigenvalue weighted by Gasteiger charge is -2.33. The average Bonchev–Trinajstić information content (AvgIpc) is 2.98. The molecule has 0 spiro atoms. The van der Waals surface area contributed by atoms with Gasteiger partial charge in [0.1, 0.15) is 11.3 Å². The number of hydrogen-bond acceptors (Lipinski definition) is 4. The van der Waals surface area contributed by atoms with E-state index in [4.69, 9.17) is 0 Å². The zero-order valence-corrected chi connectivity index (χ0v) is 13.6. The number of rotatable bonds is 2. The Morgan fingerprint density at radius 1 is 1.17 bits per heavy atom. The second-order valence-corrected chi connectivity index (χ2v) is 6.14. The van der Waals surface area contributed by atoms with Crippen molar-refractivity contribution < 1.29 is 4.79 Å². The lowest BCUT2D eigenvalue weighted by atomic mass is 10.0. The van der Waals surface area contributed by atoms with Gasteiger partial charge in [0.05, 0.1) is 5.56 Å². The van der Waals surface area contributed by atoms with Gasteiger partial charge in [0.2, 0.25) is 0 Å². The Hall–Kier alpha value is -2.76.